The molecule has 0 saturated carbocycles. The third-order valence-electron chi connectivity index (χ3n) is 0.831. The van der Waals surface area contributed by atoms with Gasteiger partial charge in [-0.1, -0.05) is 6.08 Å². The van der Waals surface area contributed by atoms with E-state index in [4.69, 9.17) is 4.74 Å². The van der Waals surface area contributed by atoms with Gasteiger partial charge in [-0.3, -0.25) is 4.18 Å². The van der Waals surface area contributed by atoms with Gasteiger partial charge in [-0.15, -0.1) is 6.58 Å². The molecule has 2 atom stereocenters. The number of ether oxygens (including phenoxy) is 1. The second kappa shape index (κ2) is 10.5. The van der Waals surface area contributed by atoms with Gasteiger partial charge in [-0.2, -0.15) is 0 Å². The Labute approximate surface area is 119 Å². The summed E-state index contributed by atoms with van der Waals surface area (Å²) in [6, 6.07) is 0. The van der Waals surface area contributed by atoms with E-state index >= 15 is 0 Å². The van der Waals surface area contributed by atoms with Gasteiger partial charge < -0.3 is 10.7 Å². The van der Waals surface area contributed by atoms with Crippen molar-refractivity contribution in [2.24, 2.45) is 0 Å². The Balaban J connectivity index is -0.000000500. The maximum atomic E-state index is 9.94. The summed E-state index contributed by atoms with van der Waals surface area (Å²) >= 11 is -2.46. The summed E-state index contributed by atoms with van der Waals surface area (Å²) < 4.78 is 29.2. The van der Waals surface area contributed by atoms with Crippen LogP contribution in [0.4, 0.5) is 0 Å². The molecule has 6 heteroatoms. The Morgan fingerprint density at radius 3 is 2.83 bits per heavy atom. The monoisotopic (exact) mass is 219 g/mol. The molecule has 0 bridgehead atoms. The molecular formula is C6H12KO4S-. The van der Waals surface area contributed by atoms with Gasteiger partial charge in [0.05, 0.1) is 30.7 Å². The van der Waals surface area contributed by atoms with Gasteiger partial charge in [0.1, 0.15) is 0 Å². The van der Waals surface area contributed by atoms with Gasteiger partial charge in [0.25, 0.3) is 0 Å². The molecule has 0 spiro atoms. The molecule has 0 heterocycles. The molecule has 0 radical (unpaired) electrons. The van der Waals surface area contributed by atoms with Crippen LogP contribution < -0.4 is 51.4 Å². The fourth-order valence-electron chi connectivity index (χ4n) is 0.479. The van der Waals surface area contributed by atoms with Crippen molar-refractivity contribution in [3.05, 3.63) is 12.7 Å². The van der Waals surface area contributed by atoms with Crippen LogP contribution in [0.5, 0.6) is 0 Å². The first-order valence-electron chi connectivity index (χ1n) is 3.12. The van der Waals surface area contributed by atoms with E-state index in [0.717, 1.165) is 0 Å². The summed E-state index contributed by atoms with van der Waals surface area (Å²) in [6.07, 6.45) is 1.15. The summed E-state index contributed by atoms with van der Waals surface area (Å²) in [7, 11) is 0. The van der Waals surface area contributed by atoms with E-state index in [1.54, 1.807) is 13.0 Å². The van der Waals surface area contributed by atoms with E-state index in [1.165, 1.54) is 0 Å². The minimum Gasteiger partial charge on any atom is -1.00 e. The van der Waals surface area contributed by atoms with Crippen LogP contribution in [-0.4, -0.2) is 28.1 Å². The predicted molar refractivity (Wildman–Crippen MR) is 41.6 cm³/mol. The van der Waals surface area contributed by atoms with Crippen molar-refractivity contribution in [3.8, 4) is 0 Å². The molecule has 68 valence electrons. The Morgan fingerprint density at radius 1 is 1.83 bits per heavy atom. The molecule has 2 unspecified atom stereocenters. The van der Waals surface area contributed by atoms with Crippen LogP contribution in [0.2, 0.25) is 0 Å². The third-order valence-corrected chi connectivity index (χ3v) is 1.32. The topological polar surface area (TPSA) is 58.6 Å². The van der Waals surface area contributed by atoms with Crippen LogP contribution >= 0.6 is 0 Å². The zero-order valence-electron chi connectivity index (χ0n) is 8.32. The molecule has 12 heavy (non-hydrogen) atoms. The molecule has 0 fully saturated rings. The number of hydrogen-bond donors (Lipinski definition) is 0. The molecule has 0 aliphatic heterocycles. The first kappa shape index (κ1) is 15.9. The molecule has 0 aromatic carbocycles. The van der Waals surface area contributed by atoms with Crippen LogP contribution in [0.15, 0.2) is 12.7 Å². The summed E-state index contributed by atoms with van der Waals surface area (Å²) in [4.78, 5) is 0. The smallest absolute Gasteiger partial charge is 1.00 e. The van der Waals surface area contributed by atoms with E-state index in [2.05, 4.69) is 10.8 Å². The van der Waals surface area contributed by atoms with E-state index in [1.807, 2.05) is 0 Å². The summed E-state index contributed by atoms with van der Waals surface area (Å²) in [5.41, 5.74) is 0. The van der Waals surface area contributed by atoms with E-state index < -0.39 is 17.5 Å². The minimum absolute atomic E-state index is 0. The molecular weight excluding hydrogens is 207 g/mol. The predicted octanol–water partition coefficient (Wildman–Crippen LogP) is -2.50. The Hall–Kier alpha value is 1.41. The first-order chi connectivity index (χ1) is 5.16. The molecule has 4 nitrogen and oxygen atoms in total. The van der Waals surface area contributed by atoms with E-state index in [9.17, 15) is 8.76 Å². The second-order valence-electron chi connectivity index (χ2n) is 1.94. The molecule has 0 aliphatic rings. The van der Waals surface area contributed by atoms with Crippen LogP contribution in [-0.2, 0) is 20.3 Å². The van der Waals surface area contributed by atoms with Crippen molar-refractivity contribution in [3.63, 3.8) is 0 Å². The van der Waals surface area contributed by atoms with Crippen LogP contribution in [0.3, 0.4) is 0 Å². The molecule has 0 aromatic rings. The quantitative estimate of drug-likeness (QED) is 0.214. The molecule has 0 N–H and O–H groups in total. The normalized spacial score (nSPS) is 14.5. The maximum absolute atomic E-state index is 9.94. The van der Waals surface area contributed by atoms with Crippen LogP contribution in [0, 0.1) is 0 Å². The SMILES string of the molecule is C=CCOCC(C)OS(=O)[O-].[H-].[K+]. The van der Waals surface area contributed by atoms with E-state index in [0.29, 0.717) is 6.61 Å². The number of rotatable bonds is 6. The fraction of sp³-hybridized carbons (Fsp3) is 0.667. The zero-order chi connectivity index (χ0) is 8.69. The minimum atomic E-state index is -2.46. The van der Waals surface area contributed by atoms with Crippen molar-refractivity contribution < 1.29 is 70.5 Å². The van der Waals surface area contributed by atoms with Gasteiger partial charge in [0.2, 0.25) is 0 Å². The Bertz CT molecular complexity index is 147. The Morgan fingerprint density at radius 2 is 2.42 bits per heavy atom. The summed E-state index contributed by atoms with van der Waals surface area (Å²) in [5.74, 6) is 0. The van der Waals surface area contributed by atoms with Gasteiger partial charge in [0.15, 0.2) is 0 Å². The van der Waals surface area contributed by atoms with Gasteiger partial charge in [-0.25, -0.2) is 4.21 Å². The standard InChI is InChI=1S/C6H12O4S.K.H/c1-3-4-9-5-6(2)10-11(7)8;;/h3,6H,1,4-5H2,2H3,(H,7,8);;/q;+1;-1/p-1. The van der Waals surface area contributed by atoms with Crippen molar-refractivity contribution in [1.82, 2.24) is 0 Å². The van der Waals surface area contributed by atoms with Crippen LogP contribution in [0.25, 0.3) is 0 Å². The molecule has 0 aromatic heterocycles. The average Bonchev–Trinajstić information content (AvgIpc) is 1.86. The van der Waals surface area contributed by atoms with Gasteiger partial charge in [-0.05, 0) is 6.92 Å². The average molecular weight is 219 g/mol. The zero-order valence-corrected chi connectivity index (χ0v) is 11.3. The van der Waals surface area contributed by atoms with Crippen molar-refractivity contribution in [2.75, 3.05) is 13.2 Å². The summed E-state index contributed by atoms with van der Waals surface area (Å²) in [6.45, 7) is 5.69. The maximum Gasteiger partial charge on any atom is 1.00 e. The van der Waals surface area contributed by atoms with Crippen molar-refractivity contribution in [1.29, 1.82) is 0 Å². The van der Waals surface area contributed by atoms with Gasteiger partial charge >= 0.3 is 51.4 Å². The summed E-state index contributed by atoms with van der Waals surface area (Å²) in [5, 5.41) is 0. The second-order valence-corrected chi connectivity index (χ2v) is 2.54. The third kappa shape index (κ3) is 11.4. The largest absolute Gasteiger partial charge is 1.00 e. The first-order valence-corrected chi connectivity index (χ1v) is 4.12. The number of hydrogen-bond acceptors (Lipinski definition) is 4. The van der Waals surface area contributed by atoms with Crippen LogP contribution in [0.1, 0.15) is 8.35 Å². The van der Waals surface area contributed by atoms with E-state index in [-0.39, 0.29) is 59.4 Å². The van der Waals surface area contributed by atoms with Crippen molar-refractivity contribution in [2.45, 2.75) is 13.0 Å². The fourth-order valence-corrected chi connectivity index (χ4v) is 0.803. The molecule has 0 saturated heterocycles. The molecule has 0 amide bonds. The molecule has 0 rings (SSSR count). The van der Waals surface area contributed by atoms with Gasteiger partial charge in [0, 0.05) is 0 Å². The Kier molecular flexibility index (Phi) is 13.9. The van der Waals surface area contributed by atoms with Crippen molar-refractivity contribution >= 4 is 11.4 Å². The molecule has 0 aliphatic carbocycles.